The Balaban J connectivity index is 2.16. The van der Waals surface area contributed by atoms with Crippen LogP contribution in [0.4, 0.5) is 5.69 Å². The van der Waals surface area contributed by atoms with Crippen molar-refractivity contribution in [3.8, 4) is 0 Å². The topological polar surface area (TPSA) is 41.1 Å². The molecule has 1 aromatic rings. The minimum Gasteiger partial charge on any atom is -0.385 e. The first kappa shape index (κ1) is 11.7. The zero-order valence-corrected chi connectivity index (χ0v) is 10.1. The lowest BCUT2D eigenvalue weighted by Gasteiger charge is -2.18. The maximum Gasteiger partial charge on any atom is 0.251 e. The van der Waals surface area contributed by atoms with E-state index in [4.69, 9.17) is 0 Å². The molecule has 0 radical (unpaired) electrons. The van der Waals surface area contributed by atoms with Crippen LogP contribution in [0.2, 0.25) is 0 Å². The number of carbonyl (C=O) groups is 1. The highest BCUT2D eigenvalue weighted by atomic mass is 16.1. The monoisotopic (exact) mass is 230 g/mol. The van der Waals surface area contributed by atoms with Crippen molar-refractivity contribution >= 4 is 11.6 Å². The van der Waals surface area contributed by atoms with Gasteiger partial charge < -0.3 is 10.6 Å². The number of amides is 1. The molecule has 0 bridgehead atoms. The van der Waals surface area contributed by atoms with Crippen molar-refractivity contribution in [1.82, 2.24) is 5.32 Å². The fourth-order valence-corrected chi connectivity index (χ4v) is 1.97. The molecule has 1 heterocycles. The van der Waals surface area contributed by atoms with E-state index in [1.165, 1.54) is 5.56 Å². The van der Waals surface area contributed by atoms with E-state index in [2.05, 4.69) is 17.2 Å². The molecule has 1 aliphatic rings. The van der Waals surface area contributed by atoms with E-state index in [0.29, 0.717) is 0 Å². The third kappa shape index (κ3) is 2.67. The van der Waals surface area contributed by atoms with Crippen molar-refractivity contribution in [1.29, 1.82) is 0 Å². The van der Waals surface area contributed by atoms with Gasteiger partial charge in [-0.3, -0.25) is 4.79 Å². The molecule has 1 amide bonds. The van der Waals surface area contributed by atoms with Gasteiger partial charge in [-0.05, 0) is 43.5 Å². The number of benzene rings is 1. The quantitative estimate of drug-likeness (QED) is 0.783. The minimum atomic E-state index is -0.0363. The second-order valence-electron chi connectivity index (χ2n) is 4.40. The molecule has 0 aliphatic carbocycles. The fourth-order valence-electron chi connectivity index (χ4n) is 1.97. The lowest BCUT2D eigenvalue weighted by molar-refractivity contribution is 0.0947. The number of nitrogens with one attached hydrogen (secondary N) is 2. The van der Waals surface area contributed by atoms with Crippen molar-refractivity contribution in [2.75, 3.05) is 11.9 Å². The van der Waals surface area contributed by atoms with Gasteiger partial charge in [0.25, 0.3) is 5.91 Å². The van der Waals surface area contributed by atoms with Gasteiger partial charge in [0.05, 0.1) is 0 Å². The number of anilines is 1. The van der Waals surface area contributed by atoms with Gasteiger partial charge in [-0.25, -0.2) is 0 Å². The molecule has 0 aromatic heterocycles. The summed E-state index contributed by atoms with van der Waals surface area (Å²) in [4.78, 5) is 11.9. The average molecular weight is 230 g/mol. The Morgan fingerprint density at radius 2 is 2.41 bits per heavy atom. The molecule has 1 unspecified atom stereocenters. The number of carbonyl (C=O) groups excluding carboxylic acids is 1. The van der Waals surface area contributed by atoms with Crippen LogP contribution in [0.1, 0.15) is 29.3 Å². The first-order valence-corrected chi connectivity index (χ1v) is 6.01. The molecule has 2 N–H and O–H groups in total. The summed E-state index contributed by atoms with van der Waals surface area (Å²) in [7, 11) is 0. The summed E-state index contributed by atoms with van der Waals surface area (Å²) < 4.78 is 0. The molecule has 0 saturated heterocycles. The highest BCUT2D eigenvalue weighted by Crippen LogP contribution is 2.22. The predicted octanol–water partition coefficient (Wildman–Crippen LogP) is 2.35. The number of hydrogen-bond donors (Lipinski definition) is 2. The molecule has 3 nitrogen and oxygen atoms in total. The Bertz CT molecular complexity index is 440. The van der Waals surface area contributed by atoms with Crippen LogP contribution in [0, 0.1) is 0 Å². The standard InChI is InChI=1S/C14H18N2O/c1-3-10(2)16-14(17)12-6-7-13-11(9-12)5-4-8-15-13/h3,6-7,9-10,15H,1,4-5,8H2,2H3,(H,16,17). The molecular weight excluding hydrogens is 212 g/mol. The molecule has 1 aromatic carbocycles. The Labute approximate surface area is 102 Å². The van der Waals surface area contributed by atoms with E-state index in [9.17, 15) is 4.79 Å². The predicted molar refractivity (Wildman–Crippen MR) is 70.4 cm³/mol. The van der Waals surface area contributed by atoms with Gasteiger partial charge in [0, 0.05) is 23.8 Å². The Kier molecular flexibility index (Phi) is 3.47. The third-order valence-electron chi connectivity index (χ3n) is 3.02. The van der Waals surface area contributed by atoms with Crippen LogP contribution < -0.4 is 10.6 Å². The molecule has 0 saturated carbocycles. The Morgan fingerprint density at radius 3 is 3.18 bits per heavy atom. The van der Waals surface area contributed by atoms with Crippen molar-refractivity contribution in [3.63, 3.8) is 0 Å². The van der Waals surface area contributed by atoms with Gasteiger partial charge >= 0.3 is 0 Å². The van der Waals surface area contributed by atoms with E-state index in [0.717, 1.165) is 30.6 Å². The fraction of sp³-hybridized carbons (Fsp3) is 0.357. The molecule has 1 atom stereocenters. The third-order valence-corrected chi connectivity index (χ3v) is 3.02. The minimum absolute atomic E-state index is 0.00310. The second kappa shape index (κ2) is 5.04. The van der Waals surface area contributed by atoms with Crippen molar-refractivity contribution in [2.24, 2.45) is 0 Å². The summed E-state index contributed by atoms with van der Waals surface area (Å²) in [6.07, 6.45) is 3.89. The summed E-state index contributed by atoms with van der Waals surface area (Å²) >= 11 is 0. The van der Waals surface area contributed by atoms with E-state index < -0.39 is 0 Å². The summed E-state index contributed by atoms with van der Waals surface area (Å²) in [5.41, 5.74) is 3.11. The first-order chi connectivity index (χ1) is 8.20. The molecule has 1 aliphatic heterocycles. The van der Waals surface area contributed by atoms with Gasteiger partial charge in [0.15, 0.2) is 0 Å². The maximum atomic E-state index is 11.9. The lowest BCUT2D eigenvalue weighted by atomic mass is 10.0. The normalized spacial score (nSPS) is 15.4. The van der Waals surface area contributed by atoms with Gasteiger partial charge in [0.2, 0.25) is 0 Å². The Hall–Kier alpha value is -1.77. The maximum absolute atomic E-state index is 11.9. The number of fused-ring (bicyclic) bond motifs is 1. The lowest BCUT2D eigenvalue weighted by Crippen LogP contribution is -2.31. The molecule has 3 heteroatoms. The number of hydrogen-bond acceptors (Lipinski definition) is 2. The smallest absolute Gasteiger partial charge is 0.251 e. The first-order valence-electron chi connectivity index (χ1n) is 6.01. The van der Waals surface area contributed by atoms with Crippen molar-refractivity contribution in [2.45, 2.75) is 25.8 Å². The summed E-state index contributed by atoms with van der Waals surface area (Å²) in [6, 6.07) is 5.83. The Morgan fingerprint density at radius 1 is 1.59 bits per heavy atom. The van der Waals surface area contributed by atoms with Crippen LogP contribution in [0.5, 0.6) is 0 Å². The molecular formula is C14H18N2O. The highest BCUT2D eigenvalue weighted by molar-refractivity contribution is 5.95. The van der Waals surface area contributed by atoms with E-state index in [1.807, 2.05) is 25.1 Å². The summed E-state index contributed by atoms with van der Waals surface area (Å²) in [6.45, 7) is 6.58. The van der Waals surface area contributed by atoms with Crippen LogP contribution in [0.25, 0.3) is 0 Å². The van der Waals surface area contributed by atoms with Crippen molar-refractivity contribution in [3.05, 3.63) is 42.0 Å². The van der Waals surface area contributed by atoms with E-state index in [-0.39, 0.29) is 11.9 Å². The number of aryl methyl sites for hydroxylation is 1. The van der Waals surface area contributed by atoms with E-state index >= 15 is 0 Å². The van der Waals surface area contributed by atoms with Crippen LogP contribution in [0.3, 0.4) is 0 Å². The second-order valence-corrected chi connectivity index (χ2v) is 4.40. The van der Waals surface area contributed by atoms with Crippen LogP contribution in [0.15, 0.2) is 30.9 Å². The molecule has 2 rings (SSSR count). The van der Waals surface area contributed by atoms with Crippen LogP contribution >= 0.6 is 0 Å². The van der Waals surface area contributed by atoms with Gasteiger partial charge in [-0.1, -0.05) is 6.08 Å². The van der Waals surface area contributed by atoms with Crippen LogP contribution in [-0.4, -0.2) is 18.5 Å². The van der Waals surface area contributed by atoms with Gasteiger partial charge in [0.1, 0.15) is 0 Å². The zero-order valence-electron chi connectivity index (χ0n) is 10.1. The average Bonchev–Trinajstić information content (AvgIpc) is 2.38. The van der Waals surface area contributed by atoms with E-state index in [1.54, 1.807) is 6.08 Å². The molecule has 0 fully saturated rings. The zero-order chi connectivity index (χ0) is 12.3. The highest BCUT2D eigenvalue weighted by Gasteiger charge is 2.12. The largest absolute Gasteiger partial charge is 0.385 e. The number of rotatable bonds is 3. The van der Waals surface area contributed by atoms with Crippen LogP contribution in [-0.2, 0) is 6.42 Å². The summed E-state index contributed by atoms with van der Waals surface area (Å²) in [5.74, 6) is -0.0363. The SMILES string of the molecule is C=CC(C)NC(=O)c1ccc2c(c1)CCCN2. The molecule has 17 heavy (non-hydrogen) atoms. The van der Waals surface area contributed by atoms with Gasteiger partial charge in [-0.2, -0.15) is 0 Å². The van der Waals surface area contributed by atoms with Gasteiger partial charge in [-0.15, -0.1) is 6.58 Å². The van der Waals surface area contributed by atoms with Crippen molar-refractivity contribution < 1.29 is 4.79 Å². The summed E-state index contributed by atoms with van der Waals surface area (Å²) in [5, 5.41) is 6.21. The molecule has 0 spiro atoms. The molecule has 90 valence electrons.